The molecular weight excluding hydrogens is 477 g/mol. The van der Waals surface area contributed by atoms with E-state index in [1.807, 2.05) is 23.9 Å². The molecule has 7 nitrogen and oxygen atoms in total. The Labute approximate surface area is 189 Å². The molecule has 2 heterocycles. The Morgan fingerprint density at radius 1 is 1.10 bits per heavy atom. The van der Waals surface area contributed by atoms with E-state index in [2.05, 4.69) is 67.8 Å². The van der Waals surface area contributed by atoms with Crippen molar-refractivity contribution in [2.45, 2.75) is 39.9 Å². The summed E-state index contributed by atoms with van der Waals surface area (Å²) in [4.78, 5) is 4.31. The third-order valence-electron chi connectivity index (χ3n) is 4.52. The SMILES string of the molecule is CN=C(NCCCn1nc(C)cc1C)NCc1cccc(Cn2cccn2)c1.I. The van der Waals surface area contributed by atoms with Crippen molar-refractivity contribution < 1.29 is 0 Å². The zero-order valence-corrected chi connectivity index (χ0v) is 19.6. The Balaban J connectivity index is 0.00000300. The van der Waals surface area contributed by atoms with Gasteiger partial charge in [0.1, 0.15) is 0 Å². The first-order chi connectivity index (χ1) is 13.6. The molecule has 0 radical (unpaired) electrons. The molecule has 0 aliphatic carbocycles. The average Bonchev–Trinajstić information content (AvgIpc) is 3.30. The number of aliphatic imine (C=N–C) groups is 1. The molecule has 29 heavy (non-hydrogen) atoms. The van der Waals surface area contributed by atoms with Crippen molar-refractivity contribution in [3.05, 3.63) is 71.3 Å². The lowest BCUT2D eigenvalue weighted by atomic mass is 10.1. The summed E-state index contributed by atoms with van der Waals surface area (Å²) >= 11 is 0. The summed E-state index contributed by atoms with van der Waals surface area (Å²) in [5.74, 6) is 0.811. The van der Waals surface area contributed by atoms with E-state index in [-0.39, 0.29) is 24.0 Å². The Morgan fingerprint density at radius 3 is 2.62 bits per heavy atom. The van der Waals surface area contributed by atoms with Crippen LogP contribution in [0.2, 0.25) is 0 Å². The second-order valence-corrected chi connectivity index (χ2v) is 6.88. The van der Waals surface area contributed by atoms with E-state index in [1.54, 1.807) is 13.2 Å². The van der Waals surface area contributed by atoms with Crippen LogP contribution in [0.3, 0.4) is 0 Å². The number of benzene rings is 1. The molecule has 0 saturated carbocycles. The fourth-order valence-corrected chi connectivity index (χ4v) is 3.16. The van der Waals surface area contributed by atoms with E-state index in [0.717, 1.165) is 44.3 Å². The summed E-state index contributed by atoms with van der Waals surface area (Å²) in [5, 5.41) is 15.5. The standard InChI is InChI=1S/C21H29N7.HI/c1-17-13-18(2)28(26-17)12-5-9-23-21(22-3)24-15-19-7-4-8-20(14-19)16-27-11-6-10-25-27;/h4,6-8,10-11,13-14H,5,9,12,15-16H2,1-3H3,(H2,22,23,24);1H. The molecule has 0 spiro atoms. The minimum atomic E-state index is 0. The molecule has 0 aliphatic heterocycles. The summed E-state index contributed by atoms with van der Waals surface area (Å²) < 4.78 is 3.98. The Bertz CT molecular complexity index is 900. The maximum Gasteiger partial charge on any atom is 0.191 e. The number of nitrogens with zero attached hydrogens (tertiary/aromatic N) is 5. The van der Waals surface area contributed by atoms with Gasteiger partial charge < -0.3 is 10.6 Å². The molecule has 0 bridgehead atoms. The third-order valence-corrected chi connectivity index (χ3v) is 4.52. The normalized spacial score (nSPS) is 11.2. The molecule has 156 valence electrons. The molecule has 3 aromatic rings. The molecule has 1 aromatic carbocycles. The molecule has 3 rings (SSSR count). The van der Waals surface area contributed by atoms with Crippen LogP contribution in [0.15, 0.2) is 53.8 Å². The molecule has 0 fully saturated rings. The van der Waals surface area contributed by atoms with Crippen molar-refractivity contribution in [3.63, 3.8) is 0 Å². The molecule has 0 unspecified atom stereocenters. The summed E-state index contributed by atoms with van der Waals surface area (Å²) in [6, 6.07) is 12.6. The van der Waals surface area contributed by atoms with Crippen LogP contribution in [0.4, 0.5) is 0 Å². The number of aromatic nitrogens is 4. The van der Waals surface area contributed by atoms with Crippen molar-refractivity contribution in [3.8, 4) is 0 Å². The summed E-state index contributed by atoms with van der Waals surface area (Å²) in [7, 11) is 1.80. The van der Waals surface area contributed by atoms with E-state index >= 15 is 0 Å². The second-order valence-electron chi connectivity index (χ2n) is 6.88. The van der Waals surface area contributed by atoms with Crippen LogP contribution in [0.1, 0.15) is 28.9 Å². The Hall–Kier alpha value is -2.36. The monoisotopic (exact) mass is 507 g/mol. The first-order valence-corrected chi connectivity index (χ1v) is 9.65. The highest BCUT2D eigenvalue weighted by Gasteiger charge is 2.03. The highest BCUT2D eigenvalue weighted by atomic mass is 127. The minimum absolute atomic E-state index is 0. The van der Waals surface area contributed by atoms with Gasteiger partial charge in [0.05, 0.1) is 12.2 Å². The van der Waals surface area contributed by atoms with Crippen molar-refractivity contribution in [2.75, 3.05) is 13.6 Å². The van der Waals surface area contributed by atoms with Gasteiger partial charge in [-0.1, -0.05) is 24.3 Å². The van der Waals surface area contributed by atoms with Gasteiger partial charge in [-0.25, -0.2) is 0 Å². The van der Waals surface area contributed by atoms with E-state index in [9.17, 15) is 0 Å². The minimum Gasteiger partial charge on any atom is -0.356 e. The van der Waals surface area contributed by atoms with Gasteiger partial charge in [-0.2, -0.15) is 10.2 Å². The van der Waals surface area contributed by atoms with Crippen LogP contribution in [0.25, 0.3) is 0 Å². The fourth-order valence-electron chi connectivity index (χ4n) is 3.16. The maximum atomic E-state index is 4.49. The van der Waals surface area contributed by atoms with E-state index in [1.165, 1.54) is 16.8 Å². The van der Waals surface area contributed by atoms with Crippen LogP contribution in [0.5, 0.6) is 0 Å². The third kappa shape index (κ3) is 7.19. The first kappa shape index (κ1) is 22.9. The summed E-state index contributed by atoms with van der Waals surface area (Å²) in [5.41, 5.74) is 4.72. The molecule has 0 saturated heterocycles. The smallest absolute Gasteiger partial charge is 0.191 e. The molecule has 0 atom stereocenters. The molecule has 2 N–H and O–H groups in total. The largest absolute Gasteiger partial charge is 0.356 e. The summed E-state index contributed by atoms with van der Waals surface area (Å²) in [6.45, 7) is 7.37. The van der Waals surface area contributed by atoms with Gasteiger partial charge in [0.2, 0.25) is 0 Å². The molecule has 2 aromatic heterocycles. The lowest BCUT2D eigenvalue weighted by molar-refractivity contribution is 0.555. The van der Waals surface area contributed by atoms with Gasteiger partial charge in [-0.05, 0) is 43.5 Å². The number of rotatable bonds is 8. The quantitative estimate of drug-likeness (QED) is 0.213. The van der Waals surface area contributed by atoms with Gasteiger partial charge in [0.15, 0.2) is 5.96 Å². The molecule has 8 heteroatoms. The van der Waals surface area contributed by atoms with Crippen molar-refractivity contribution in [1.82, 2.24) is 30.2 Å². The first-order valence-electron chi connectivity index (χ1n) is 9.65. The topological polar surface area (TPSA) is 72.1 Å². The number of halogens is 1. The van der Waals surface area contributed by atoms with E-state index in [4.69, 9.17) is 0 Å². The number of nitrogens with one attached hydrogen (secondary N) is 2. The Kier molecular flexibility index (Phi) is 9.17. The van der Waals surface area contributed by atoms with Gasteiger partial charge in [0.25, 0.3) is 0 Å². The number of guanidine groups is 1. The number of hydrogen-bond acceptors (Lipinski definition) is 3. The predicted molar refractivity (Wildman–Crippen MR) is 128 cm³/mol. The van der Waals surface area contributed by atoms with Gasteiger partial charge in [0, 0.05) is 44.8 Å². The van der Waals surface area contributed by atoms with Crippen molar-refractivity contribution in [1.29, 1.82) is 0 Å². The fraction of sp³-hybridized carbons (Fsp3) is 0.381. The summed E-state index contributed by atoms with van der Waals surface area (Å²) in [6.07, 6.45) is 4.76. The Morgan fingerprint density at radius 2 is 1.93 bits per heavy atom. The zero-order valence-electron chi connectivity index (χ0n) is 17.3. The predicted octanol–water partition coefficient (Wildman–Crippen LogP) is 3.12. The molecule has 0 aliphatic rings. The molecule has 0 amide bonds. The van der Waals surface area contributed by atoms with Crippen molar-refractivity contribution in [2.24, 2.45) is 4.99 Å². The lowest BCUT2D eigenvalue weighted by Gasteiger charge is -2.13. The second kappa shape index (κ2) is 11.6. The van der Waals surface area contributed by atoms with E-state index < -0.39 is 0 Å². The van der Waals surface area contributed by atoms with Gasteiger partial charge >= 0.3 is 0 Å². The van der Waals surface area contributed by atoms with Crippen LogP contribution in [-0.2, 0) is 19.6 Å². The van der Waals surface area contributed by atoms with Gasteiger partial charge in [-0.3, -0.25) is 14.4 Å². The zero-order chi connectivity index (χ0) is 19.8. The van der Waals surface area contributed by atoms with Gasteiger partial charge in [-0.15, -0.1) is 24.0 Å². The maximum absolute atomic E-state index is 4.49. The highest BCUT2D eigenvalue weighted by molar-refractivity contribution is 14.0. The van der Waals surface area contributed by atoms with Crippen LogP contribution in [-0.4, -0.2) is 39.1 Å². The molecular formula is C21H30IN7. The van der Waals surface area contributed by atoms with Crippen molar-refractivity contribution >= 4 is 29.9 Å². The highest BCUT2D eigenvalue weighted by Crippen LogP contribution is 2.07. The number of aryl methyl sites for hydroxylation is 3. The van der Waals surface area contributed by atoms with Crippen LogP contribution >= 0.6 is 24.0 Å². The average molecular weight is 507 g/mol. The van der Waals surface area contributed by atoms with E-state index in [0.29, 0.717) is 0 Å². The number of hydrogen-bond donors (Lipinski definition) is 2. The lowest BCUT2D eigenvalue weighted by Crippen LogP contribution is -2.37. The van der Waals surface area contributed by atoms with Crippen LogP contribution in [0, 0.1) is 13.8 Å². The van der Waals surface area contributed by atoms with Crippen LogP contribution < -0.4 is 10.6 Å².